The molecule has 2 heterocycles. The molecule has 0 unspecified atom stereocenters. The average molecular weight is 279 g/mol. The van der Waals surface area contributed by atoms with Gasteiger partial charge < -0.3 is 10.6 Å². The summed E-state index contributed by atoms with van der Waals surface area (Å²) in [6.07, 6.45) is 5.65. The molecule has 20 heavy (non-hydrogen) atoms. The van der Waals surface area contributed by atoms with Gasteiger partial charge in [-0.1, -0.05) is 20.3 Å². The van der Waals surface area contributed by atoms with Crippen molar-refractivity contribution >= 4 is 17.5 Å². The normalized spacial score (nSPS) is 22.8. The molecule has 1 aromatic rings. The number of hydrogen-bond acceptors (Lipinski definition) is 6. The number of anilines is 2. The lowest BCUT2D eigenvalue weighted by Crippen LogP contribution is -2.45. The molecule has 1 fully saturated rings. The van der Waals surface area contributed by atoms with E-state index in [-0.39, 0.29) is 11.5 Å². The highest BCUT2D eigenvalue weighted by atomic mass is 16.6. The third-order valence-corrected chi connectivity index (χ3v) is 3.94. The Labute approximate surface area is 118 Å². The van der Waals surface area contributed by atoms with Gasteiger partial charge in [-0.2, -0.15) is 4.98 Å². The first-order valence-corrected chi connectivity index (χ1v) is 7.08. The lowest BCUT2D eigenvalue weighted by atomic mass is 9.88. The Morgan fingerprint density at radius 2 is 2.35 bits per heavy atom. The summed E-state index contributed by atoms with van der Waals surface area (Å²) in [5.41, 5.74) is 5.43. The smallest absolute Gasteiger partial charge is 0.329 e. The average Bonchev–Trinajstić information content (AvgIpc) is 2.40. The maximum absolute atomic E-state index is 10.8. The van der Waals surface area contributed by atoms with Gasteiger partial charge in [0.1, 0.15) is 6.20 Å². The summed E-state index contributed by atoms with van der Waals surface area (Å²) in [6, 6.07) is 0.384. The van der Waals surface area contributed by atoms with Crippen LogP contribution in [0, 0.1) is 16.0 Å². The van der Waals surface area contributed by atoms with Crippen LogP contribution in [-0.4, -0.2) is 27.5 Å². The third-order valence-electron chi connectivity index (χ3n) is 3.94. The standard InChI is InChI=1S/C13H21N5O2/c1-3-5-10-9(2)6-4-7-17(10)13-15-8-11(18(19)20)12(14)16-13/h8-10H,3-7H2,1-2H3,(H2,14,15,16)/t9-,10-/m1/s1. The first-order valence-electron chi connectivity index (χ1n) is 7.08. The number of rotatable bonds is 4. The maximum Gasteiger partial charge on any atom is 0.329 e. The highest BCUT2D eigenvalue weighted by molar-refractivity contribution is 5.54. The molecule has 0 saturated carbocycles. The van der Waals surface area contributed by atoms with E-state index in [0.29, 0.717) is 17.9 Å². The van der Waals surface area contributed by atoms with E-state index in [4.69, 9.17) is 5.73 Å². The molecule has 2 atom stereocenters. The van der Waals surface area contributed by atoms with Crippen LogP contribution >= 0.6 is 0 Å². The molecule has 1 saturated heterocycles. The van der Waals surface area contributed by atoms with Gasteiger partial charge in [-0.25, -0.2) is 4.98 Å². The van der Waals surface area contributed by atoms with Gasteiger partial charge in [0.15, 0.2) is 0 Å². The van der Waals surface area contributed by atoms with Gasteiger partial charge in [-0.15, -0.1) is 0 Å². The summed E-state index contributed by atoms with van der Waals surface area (Å²) in [5.74, 6) is 1.02. The number of piperidine rings is 1. The van der Waals surface area contributed by atoms with Crippen molar-refractivity contribution in [3.05, 3.63) is 16.3 Å². The van der Waals surface area contributed by atoms with Crippen LogP contribution in [0.4, 0.5) is 17.5 Å². The van der Waals surface area contributed by atoms with Gasteiger partial charge >= 0.3 is 5.69 Å². The zero-order valence-electron chi connectivity index (χ0n) is 12.0. The Bertz CT molecular complexity index is 494. The Kier molecular flexibility index (Phi) is 4.36. The van der Waals surface area contributed by atoms with Crippen molar-refractivity contribution in [1.82, 2.24) is 9.97 Å². The van der Waals surface area contributed by atoms with Crippen LogP contribution in [0.3, 0.4) is 0 Å². The summed E-state index contributed by atoms with van der Waals surface area (Å²) < 4.78 is 0. The summed E-state index contributed by atoms with van der Waals surface area (Å²) >= 11 is 0. The summed E-state index contributed by atoms with van der Waals surface area (Å²) in [4.78, 5) is 20.6. The zero-order chi connectivity index (χ0) is 14.7. The second kappa shape index (κ2) is 6.02. The number of nitro groups is 1. The lowest BCUT2D eigenvalue weighted by Gasteiger charge is -2.40. The fourth-order valence-electron chi connectivity index (χ4n) is 2.89. The van der Waals surface area contributed by atoms with E-state index in [1.54, 1.807) is 0 Å². The topological polar surface area (TPSA) is 98.2 Å². The highest BCUT2D eigenvalue weighted by Crippen LogP contribution is 2.30. The molecule has 110 valence electrons. The summed E-state index contributed by atoms with van der Waals surface area (Å²) in [7, 11) is 0. The van der Waals surface area contributed by atoms with Crippen LogP contribution in [0.2, 0.25) is 0 Å². The van der Waals surface area contributed by atoms with Crippen molar-refractivity contribution in [2.75, 3.05) is 17.2 Å². The largest absolute Gasteiger partial charge is 0.378 e. The molecule has 1 aliphatic rings. The second-order valence-electron chi connectivity index (χ2n) is 5.37. The molecule has 2 N–H and O–H groups in total. The Morgan fingerprint density at radius 1 is 1.60 bits per heavy atom. The minimum Gasteiger partial charge on any atom is -0.378 e. The molecule has 0 bridgehead atoms. The minimum absolute atomic E-state index is 0.0616. The van der Waals surface area contributed by atoms with Crippen LogP contribution in [0.15, 0.2) is 6.20 Å². The van der Waals surface area contributed by atoms with E-state index in [0.717, 1.165) is 25.8 Å². The fourth-order valence-corrected chi connectivity index (χ4v) is 2.89. The van der Waals surface area contributed by atoms with E-state index in [2.05, 4.69) is 28.7 Å². The van der Waals surface area contributed by atoms with E-state index in [1.165, 1.54) is 12.6 Å². The number of aromatic nitrogens is 2. The molecule has 0 aliphatic carbocycles. The predicted octanol–water partition coefficient (Wildman–Crippen LogP) is 2.37. The van der Waals surface area contributed by atoms with Gasteiger partial charge in [0.2, 0.25) is 11.8 Å². The van der Waals surface area contributed by atoms with Crippen LogP contribution in [-0.2, 0) is 0 Å². The van der Waals surface area contributed by atoms with Crippen molar-refractivity contribution in [3.8, 4) is 0 Å². The summed E-state index contributed by atoms with van der Waals surface area (Å²) in [5, 5.41) is 10.8. The van der Waals surface area contributed by atoms with Gasteiger partial charge in [-0.3, -0.25) is 10.1 Å². The lowest BCUT2D eigenvalue weighted by molar-refractivity contribution is -0.384. The van der Waals surface area contributed by atoms with Crippen molar-refractivity contribution in [2.24, 2.45) is 5.92 Å². The molecule has 1 aliphatic heterocycles. The van der Waals surface area contributed by atoms with Crippen molar-refractivity contribution in [2.45, 2.75) is 45.6 Å². The molecule has 1 aromatic heterocycles. The molecule has 0 aromatic carbocycles. The first kappa shape index (κ1) is 14.5. The van der Waals surface area contributed by atoms with Crippen LogP contribution in [0.5, 0.6) is 0 Å². The van der Waals surface area contributed by atoms with Crippen LogP contribution in [0.25, 0.3) is 0 Å². The van der Waals surface area contributed by atoms with Gasteiger partial charge in [0.05, 0.1) is 4.92 Å². The third kappa shape index (κ3) is 2.81. The maximum atomic E-state index is 10.8. The summed E-state index contributed by atoms with van der Waals surface area (Å²) in [6.45, 7) is 5.28. The number of nitrogen functional groups attached to an aromatic ring is 1. The van der Waals surface area contributed by atoms with Crippen molar-refractivity contribution < 1.29 is 4.92 Å². The Morgan fingerprint density at radius 3 is 2.95 bits per heavy atom. The minimum atomic E-state index is -0.554. The van der Waals surface area contributed by atoms with Crippen molar-refractivity contribution in [1.29, 1.82) is 0 Å². The van der Waals surface area contributed by atoms with E-state index in [9.17, 15) is 10.1 Å². The van der Waals surface area contributed by atoms with Gasteiger partial charge in [0.25, 0.3) is 0 Å². The van der Waals surface area contributed by atoms with Crippen molar-refractivity contribution in [3.63, 3.8) is 0 Å². The molecule has 7 nitrogen and oxygen atoms in total. The zero-order valence-corrected chi connectivity index (χ0v) is 12.0. The molecule has 0 amide bonds. The predicted molar refractivity (Wildman–Crippen MR) is 77.5 cm³/mol. The van der Waals surface area contributed by atoms with E-state index < -0.39 is 4.92 Å². The van der Waals surface area contributed by atoms with Crippen LogP contribution < -0.4 is 10.6 Å². The molecule has 2 rings (SSSR count). The van der Waals surface area contributed by atoms with Gasteiger partial charge in [-0.05, 0) is 25.2 Å². The fraction of sp³-hybridized carbons (Fsp3) is 0.692. The SMILES string of the molecule is CCC[C@@H]1[C@H](C)CCCN1c1ncc([N+](=O)[O-])c(N)n1. The second-order valence-corrected chi connectivity index (χ2v) is 5.37. The highest BCUT2D eigenvalue weighted by Gasteiger charge is 2.30. The molecular weight excluding hydrogens is 258 g/mol. The molecular formula is C13H21N5O2. The van der Waals surface area contributed by atoms with E-state index in [1.807, 2.05) is 0 Å². The monoisotopic (exact) mass is 279 g/mol. The van der Waals surface area contributed by atoms with E-state index >= 15 is 0 Å². The van der Waals surface area contributed by atoms with Crippen LogP contribution in [0.1, 0.15) is 39.5 Å². The van der Waals surface area contributed by atoms with Gasteiger partial charge in [0, 0.05) is 12.6 Å². The quantitative estimate of drug-likeness (QED) is 0.671. The number of nitrogens with two attached hydrogens (primary N) is 1. The Hall–Kier alpha value is -1.92. The number of hydrogen-bond donors (Lipinski definition) is 1. The Balaban J connectivity index is 2.28. The molecule has 0 spiro atoms. The molecule has 0 radical (unpaired) electrons. The first-order chi connectivity index (χ1) is 9.54. The number of nitrogens with zero attached hydrogens (tertiary/aromatic N) is 4. The molecule has 7 heteroatoms.